The molecule has 10 heteroatoms. The van der Waals surface area contributed by atoms with Crippen molar-refractivity contribution < 1.29 is 22.0 Å². The Labute approximate surface area is 198 Å². The standard InChI is InChI=1S/C12H15N3.C6H4F2.C6H11NO3S/c1-10-9-13-15-7-4-11(8-12(10)15)14-5-2-3-6-14;7-5-1-2-6(8)4-3-5;8-5-7-11(9,10)6-3-1-2-4-6/h4,7-9H,2-3,5-6H2,1H3;1-4H;5-6H,1-4H2,(H,7,8). The molecular formula is C24H30F2N4O3S. The van der Waals surface area contributed by atoms with Gasteiger partial charge in [0.25, 0.3) is 0 Å². The molecule has 1 aliphatic carbocycles. The van der Waals surface area contributed by atoms with E-state index < -0.39 is 21.7 Å². The third kappa shape index (κ3) is 6.99. The number of anilines is 1. The Morgan fingerprint density at radius 2 is 1.59 bits per heavy atom. The van der Waals surface area contributed by atoms with Crippen molar-refractivity contribution in [2.75, 3.05) is 18.0 Å². The summed E-state index contributed by atoms with van der Waals surface area (Å²) >= 11 is 0. The van der Waals surface area contributed by atoms with Gasteiger partial charge in [-0.1, -0.05) is 12.8 Å². The number of rotatable bonds is 4. The zero-order chi connectivity index (χ0) is 24.6. The van der Waals surface area contributed by atoms with Crippen molar-refractivity contribution in [1.29, 1.82) is 0 Å². The van der Waals surface area contributed by atoms with Gasteiger partial charge in [-0.2, -0.15) is 5.10 Å². The molecule has 1 aliphatic heterocycles. The number of benzene rings is 1. The average molecular weight is 493 g/mol. The first-order chi connectivity index (χ1) is 16.3. The number of amides is 1. The lowest BCUT2D eigenvalue weighted by atomic mass is 10.2. The van der Waals surface area contributed by atoms with E-state index in [2.05, 4.69) is 35.3 Å². The number of fused-ring (bicyclic) bond motifs is 1. The van der Waals surface area contributed by atoms with Crippen molar-refractivity contribution in [3.63, 3.8) is 0 Å². The van der Waals surface area contributed by atoms with Crippen LogP contribution in [-0.2, 0) is 14.8 Å². The van der Waals surface area contributed by atoms with E-state index in [0.717, 1.165) is 37.1 Å². The van der Waals surface area contributed by atoms with Gasteiger partial charge < -0.3 is 4.90 Å². The highest BCUT2D eigenvalue weighted by atomic mass is 32.2. The fourth-order valence-electron chi connectivity index (χ4n) is 4.06. The number of nitrogens with one attached hydrogen (secondary N) is 1. The zero-order valence-corrected chi connectivity index (χ0v) is 20.0. The summed E-state index contributed by atoms with van der Waals surface area (Å²) in [5, 5.41) is 3.94. The third-order valence-corrected chi connectivity index (χ3v) is 7.70. The molecular weight excluding hydrogens is 462 g/mol. The molecule has 0 atom stereocenters. The van der Waals surface area contributed by atoms with Crippen LogP contribution < -0.4 is 9.62 Å². The number of nitrogens with zero attached hydrogens (tertiary/aromatic N) is 3. The molecule has 1 saturated heterocycles. The Balaban J connectivity index is 0.000000151. The predicted molar refractivity (Wildman–Crippen MR) is 128 cm³/mol. The summed E-state index contributed by atoms with van der Waals surface area (Å²) in [7, 11) is -3.33. The fourth-order valence-corrected chi connectivity index (χ4v) is 5.34. The van der Waals surface area contributed by atoms with Gasteiger partial charge >= 0.3 is 0 Å². The van der Waals surface area contributed by atoms with Gasteiger partial charge in [-0.15, -0.1) is 0 Å². The molecule has 2 aromatic heterocycles. The molecule has 1 N–H and O–H groups in total. The summed E-state index contributed by atoms with van der Waals surface area (Å²) in [4.78, 5) is 12.3. The summed E-state index contributed by atoms with van der Waals surface area (Å²) < 4.78 is 49.8. The van der Waals surface area contributed by atoms with Crippen LogP contribution in [0.25, 0.3) is 5.52 Å². The highest BCUT2D eigenvalue weighted by molar-refractivity contribution is 7.90. The normalized spacial score (nSPS) is 15.9. The Bertz CT molecular complexity index is 1150. The van der Waals surface area contributed by atoms with Crippen molar-refractivity contribution >= 4 is 27.6 Å². The van der Waals surface area contributed by atoms with E-state index in [0.29, 0.717) is 12.8 Å². The predicted octanol–water partition coefficient (Wildman–Crippen LogP) is 4.21. The number of sulfonamides is 1. The van der Waals surface area contributed by atoms with E-state index in [1.807, 2.05) is 15.4 Å². The molecule has 3 aromatic rings. The number of pyridine rings is 1. The molecule has 1 amide bonds. The first-order valence-electron chi connectivity index (χ1n) is 11.3. The number of halogens is 2. The van der Waals surface area contributed by atoms with Gasteiger partial charge in [0, 0.05) is 25.0 Å². The van der Waals surface area contributed by atoms with E-state index in [-0.39, 0.29) is 11.7 Å². The monoisotopic (exact) mass is 492 g/mol. The number of carbonyl (C=O) groups is 1. The van der Waals surface area contributed by atoms with E-state index >= 15 is 0 Å². The summed E-state index contributed by atoms with van der Waals surface area (Å²) in [5.41, 5.74) is 3.80. The van der Waals surface area contributed by atoms with Crippen molar-refractivity contribution in [3.8, 4) is 0 Å². The molecule has 0 radical (unpaired) electrons. The van der Waals surface area contributed by atoms with Gasteiger partial charge in [0.15, 0.2) is 0 Å². The van der Waals surface area contributed by atoms with Crippen molar-refractivity contribution in [2.45, 2.75) is 50.7 Å². The second-order valence-electron chi connectivity index (χ2n) is 8.36. The fraction of sp³-hybridized carbons (Fsp3) is 0.417. The highest BCUT2D eigenvalue weighted by Crippen LogP contribution is 2.24. The lowest BCUT2D eigenvalue weighted by molar-refractivity contribution is -0.108. The largest absolute Gasteiger partial charge is 0.371 e. The molecule has 34 heavy (non-hydrogen) atoms. The molecule has 2 fully saturated rings. The second kappa shape index (κ2) is 11.9. The third-order valence-electron chi connectivity index (χ3n) is 5.93. The van der Waals surface area contributed by atoms with Gasteiger partial charge in [-0.05, 0) is 74.6 Å². The summed E-state index contributed by atoms with van der Waals surface area (Å²) in [5.74, 6) is -0.821. The summed E-state index contributed by atoms with van der Waals surface area (Å²) in [6.45, 7) is 4.50. The molecule has 1 aromatic carbocycles. The maximum Gasteiger partial charge on any atom is 0.237 e. The van der Waals surface area contributed by atoms with E-state index in [1.54, 1.807) is 0 Å². The number of aryl methyl sites for hydroxylation is 1. The van der Waals surface area contributed by atoms with Crippen LogP contribution in [0.1, 0.15) is 44.1 Å². The van der Waals surface area contributed by atoms with Gasteiger partial charge in [0.2, 0.25) is 16.4 Å². The van der Waals surface area contributed by atoms with Crippen LogP contribution >= 0.6 is 0 Å². The van der Waals surface area contributed by atoms with Crippen LogP contribution in [0.15, 0.2) is 48.8 Å². The maximum absolute atomic E-state index is 11.9. The zero-order valence-electron chi connectivity index (χ0n) is 19.2. The van der Waals surface area contributed by atoms with Gasteiger partial charge in [0.1, 0.15) is 11.6 Å². The van der Waals surface area contributed by atoms with Gasteiger partial charge in [0.05, 0.1) is 17.0 Å². The van der Waals surface area contributed by atoms with E-state index in [4.69, 9.17) is 0 Å². The Kier molecular flexibility index (Phi) is 8.98. The van der Waals surface area contributed by atoms with Crippen molar-refractivity contribution in [2.24, 2.45) is 0 Å². The minimum atomic E-state index is -3.33. The van der Waals surface area contributed by atoms with Crippen LogP contribution in [0, 0.1) is 18.6 Å². The lowest BCUT2D eigenvalue weighted by Crippen LogP contribution is -2.31. The molecule has 184 valence electrons. The van der Waals surface area contributed by atoms with Crippen LogP contribution in [0.3, 0.4) is 0 Å². The van der Waals surface area contributed by atoms with E-state index in [1.165, 1.54) is 42.7 Å². The number of hydrogen-bond donors (Lipinski definition) is 1. The molecule has 3 heterocycles. The highest BCUT2D eigenvalue weighted by Gasteiger charge is 2.27. The first kappa shape index (κ1) is 25.6. The number of aromatic nitrogens is 2. The number of carbonyl (C=O) groups excluding carboxylic acids is 1. The van der Waals surface area contributed by atoms with Crippen molar-refractivity contribution in [1.82, 2.24) is 14.3 Å². The molecule has 0 bridgehead atoms. The molecule has 2 aliphatic rings. The van der Waals surface area contributed by atoms with Gasteiger partial charge in [-0.3, -0.25) is 9.52 Å². The maximum atomic E-state index is 11.9. The lowest BCUT2D eigenvalue weighted by Gasteiger charge is -2.17. The minimum Gasteiger partial charge on any atom is -0.371 e. The van der Waals surface area contributed by atoms with Gasteiger partial charge in [-0.25, -0.2) is 21.7 Å². The molecule has 7 nitrogen and oxygen atoms in total. The topological polar surface area (TPSA) is 83.8 Å². The summed E-state index contributed by atoms with van der Waals surface area (Å²) in [6, 6.07) is 8.72. The van der Waals surface area contributed by atoms with Crippen LogP contribution in [0.2, 0.25) is 0 Å². The Morgan fingerprint density at radius 1 is 1.00 bits per heavy atom. The van der Waals surface area contributed by atoms with Crippen LogP contribution in [-0.4, -0.2) is 42.8 Å². The van der Waals surface area contributed by atoms with Crippen molar-refractivity contribution in [3.05, 3.63) is 66.0 Å². The molecule has 0 unspecified atom stereocenters. The quantitative estimate of drug-likeness (QED) is 0.552. The average Bonchev–Trinajstić information content (AvgIpc) is 3.60. The second-order valence-corrected chi connectivity index (χ2v) is 10.4. The Hall–Kier alpha value is -3.01. The minimum absolute atomic E-state index is 0.230. The molecule has 0 spiro atoms. The smallest absolute Gasteiger partial charge is 0.237 e. The molecule has 5 rings (SSSR count). The Morgan fingerprint density at radius 3 is 2.15 bits per heavy atom. The van der Waals surface area contributed by atoms with Crippen LogP contribution in [0.5, 0.6) is 0 Å². The summed E-state index contributed by atoms with van der Waals surface area (Å²) in [6.07, 6.45) is 10.1. The number of hydrogen-bond acceptors (Lipinski definition) is 5. The van der Waals surface area contributed by atoms with Crippen LogP contribution in [0.4, 0.5) is 14.5 Å². The van der Waals surface area contributed by atoms with E-state index in [9.17, 15) is 22.0 Å². The molecule has 1 saturated carbocycles. The first-order valence-corrected chi connectivity index (χ1v) is 12.9. The SMILES string of the molecule is Cc1cnn2ccc(N3CCCC3)cc12.Fc1ccc(F)cc1.O=CNS(=O)(=O)C1CCCC1.